The van der Waals surface area contributed by atoms with Crippen LogP contribution in [0.1, 0.15) is 16.8 Å². The van der Waals surface area contributed by atoms with Crippen molar-refractivity contribution in [2.24, 2.45) is 5.16 Å². The van der Waals surface area contributed by atoms with Gasteiger partial charge in [-0.1, -0.05) is 29.4 Å². The predicted molar refractivity (Wildman–Crippen MR) is 135 cm³/mol. The molecular formula is C26H26BrN3O4. The highest BCUT2D eigenvalue weighted by Crippen LogP contribution is 2.24. The van der Waals surface area contributed by atoms with Gasteiger partial charge in [0.15, 0.2) is 5.84 Å². The Morgan fingerprint density at radius 1 is 1.00 bits per heavy atom. The number of aromatic nitrogens is 1. The smallest absolute Gasteiger partial charge is 0.228 e. The number of hydrogen-bond acceptors (Lipinski definition) is 7. The monoisotopic (exact) mass is 523 g/mol. The number of fused-ring (bicyclic) bond motifs is 1. The third kappa shape index (κ3) is 5.51. The minimum Gasteiger partial charge on any atom is -0.497 e. The van der Waals surface area contributed by atoms with Gasteiger partial charge in [0.05, 0.1) is 31.5 Å². The van der Waals surface area contributed by atoms with Crippen LogP contribution in [-0.4, -0.2) is 43.1 Å². The van der Waals surface area contributed by atoms with Gasteiger partial charge in [-0.3, -0.25) is 0 Å². The highest BCUT2D eigenvalue weighted by atomic mass is 79.9. The molecule has 1 aliphatic heterocycles. The van der Waals surface area contributed by atoms with Crippen molar-refractivity contribution in [2.75, 3.05) is 27.4 Å². The van der Waals surface area contributed by atoms with Gasteiger partial charge in [-0.05, 0) is 70.4 Å². The van der Waals surface area contributed by atoms with Crippen LogP contribution in [0.15, 0.2) is 81.0 Å². The van der Waals surface area contributed by atoms with Crippen LogP contribution in [0.3, 0.4) is 0 Å². The number of oxime groups is 1. The summed E-state index contributed by atoms with van der Waals surface area (Å²) in [5.41, 5.74) is 4.11. The Balaban J connectivity index is 0.000000226. The summed E-state index contributed by atoms with van der Waals surface area (Å²) in [5, 5.41) is 5.41. The van der Waals surface area contributed by atoms with Gasteiger partial charge in [-0.15, -0.1) is 0 Å². The summed E-state index contributed by atoms with van der Waals surface area (Å²) >= 11 is 3.41. The zero-order valence-electron chi connectivity index (χ0n) is 19.3. The van der Waals surface area contributed by atoms with Crippen LogP contribution in [-0.2, 0) is 11.4 Å². The number of pyridine rings is 1. The maximum atomic E-state index is 5.28. The van der Waals surface area contributed by atoms with Crippen LogP contribution >= 0.6 is 15.9 Å². The van der Waals surface area contributed by atoms with Crippen molar-refractivity contribution in [3.63, 3.8) is 0 Å². The second kappa shape index (κ2) is 11.1. The summed E-state index contributed by atoms with van der Waals surface area (Å²) in [5.74, 6) is 2.06. The minimum atomic E-state index is 0.519. The number of nitrogens with zero attached hydrogens (tertiary/aromatic N) is 3. The Hall–Kier alpha value is -3.52. The van der Waals surface area contributed by atoms with Crippen LogP contribution in [0, 0.1) is 6.92 Å². The number of rotatable bonds is 5. The number of benzene rings is 2. The SMILES string of the molecule is COc1ccc(CN2CCON=C2c2ccc(Br)c(OC)n2)cc1.Cc1cccc2occc12. The van der Waals surface area contributed by atoms with Crippen LogP contribution in [0.2, 0.25) is 0 Å². The third-order valence-electron chi connectivity index (χ3n) is 5.39. The molecule has 0 spiro atoms. The molecule has 34 heavy (non-hydrogen) atoms. The van der Waals surface area contributed by atoms with Gasteiger partial charge < -0.3 is 23.6 Å². The molecule has 7 nitrogen and oxygen atoms in total. The number of halogens is 1. The van der Waals surface area contributed by atoms with Crippen molar-refractivity contribution in [3.8, 4) is 11.6 Å². The van der Waals surface area contributed by atoms with Gasteiger partial charge >= 0.3 is 0 Å². The first-order valence-corrected chi connectivity index (χ1v) is 11.6. The standard InChI is InChI=1S/C17H18BrN3O3.C9H8O/c1-22-13-5-3-12(4-6-13)11-21-9-10-24-20-16(21)15-8-7-14(18)17(19-15)23-2;1-7-3-2-4-9-8(7)5-6-10-9/h3-8H,9-11H2,1-2H3;2-6H,1H3. The lowest BCUT2D eigenvalue weighted by atomic mass is 10.1. The Labute approximate surface area is 207 Å². The highest BCUT2D eigenvalue weighted by molar-refractivity contribution is 9.10. The first-order chi connectivity index (χ1) is 16.6. The largest absolute Gasteiger partial charge is 0.497 e. The third-order valence-corrected chi connectivity index (χ3v) is 5.99. The molecule has 4 aromatic rings. The maximum Gasteiger partial charge on any atom is 0.228 e. The molecule has 176 valence electrons. The van der Waals surface area contributed by atoms with Crippen molar-refractivity contribution in [3.05, 3.63) is 88.2 Å². The van der Waals surface area contributed by atoms with E-state index in [0.29, 0.717) is 30.6 Å². The molecule has 3 heterocycles. The van der Waals surface area contributed by atoms with E-state index in [1.807, 2.05) is 54.6 Å². The second-order valence-electron chi connectivity index (χ2n) is 7.61. The molecule has 2 aromatic carbocycles. The minimum absolute atomic E-state index is 0.519. The second-order valence-corrected chi connectivity index (χ2v) is 8.47. The molecule has 2 aromatic heterocycles. The molecule has 0 atom stereocenters. The molecular weight excluding hydrogens is 498 g/mol. The van der Waals surface area contributed by atoms with E-state index in [1.165, 1.54) is 10.9 Å². The van der Waals surface area contributed by atoms with Crippen molar-refractivity contribution >= 4 is 32.7 Å². The van der Waals surface area contributed by atoms with Crippen LogP contribution in [0.4, 0.5) is 0 Å². The van der Waals surface area contributed by atoms with E-state index in [4.69, 9.17) is 18.7 Å². The summed E-state index contributed by atoms with van der Waals surface area (Å²) in [6.45, 7) is 4.09. The summed E-state index contributed by atoms with van der Waals surface area (Å²) in [7, 11) is 3.25. The number of hydrogen-bond donors (Lipinski definition) is 0. The number of aryl methyl sites for hydroxylation is 1. The highest BCUT2D eigenvalue weighted by Gasteiger charge is 2.21. The molecule has 5 rings (SSSR count). The van der Waals surface area contributed by atoms with E-state index < -0.39 is 0 Å². The molecule has 0 radical (unpaired) electrons. The van der Waals surface area contributed by atoms with E-state index in [-0.39, 0.29) is 0 Å². The number of furan rings is 1. The Kier molecular flexibility index (Phi) is 7.69. The molecule has 0 saturated carbocycles. The van der Waals surface area contributed by atoms with Crippen molar-refractivity contribution in [1.82, 2.24) is 9.88 Å². The number of methoxy groups -OCH3 is 2. The molecule has 0 aliphatic carbocycles. The Morgan fingerprint density at radius 2 is 1.82 bits per heavy atom. The lowest BCUT2D eigenvalue weighted by molar-refractivity contribution is 0.100. The summed E-state index contributed by atoms with van der Waals surface area (Å²) in [4.78, 5) is 11.9. The topological polar surface area (TPSA) is 69.3 Å². The molecule has 0 amide bonds. The molecule has 0 unspecified atom stereocenters. The molecule has 0 N–H and O–H groups in total. The van der Waals surface area contributed by atoms with Gasteiger partial charge in [0.1, 0.15) is 23.6 Å². The first kappa shape index (κ1) is 23.6. The fourth-order valence-corrected chi connectivity index (χ4v) is 3.95. The molecule has 1 aliphatic rings. The number of ether oxygens (including phenoxy) is 2. The Morgan fingerprint density at radius 3 is 2.56 bits per heavy atom. The van der Waals surface area contributed by atoms with Crippen LogP contribution in [0.5, 0.6) is 11.6 Å². The van der Waals surface area contributed by atoms with Crippen LogP contribution < -0.4 is 9.47 Å². The molecule has 0 fully saturated rings. The van der Waals surface area contributed by atoms with Gasteiger partial charge in [-0.25, -0.2) is 4.98 Å². The quantitative estimate of drug-likeness (QED) is 0.329. The van der Waals surface area contributed by atoms with Gasteiger partial charge in [0, 0.05) is 11.9 Å². The fourth-order valence-electron chi connectivity index (χ4n) is 3.57. The summed E-state index contributed by atoms with van der Waals surface area (Å²) < 4.78 is 16.5. The van der Waals surface area contributed by atoms with E-state index in [1.54, 1.807) is 20.5 Å². The average Bonchev–Trinajstić information content (AvgIpc) is 3.36. The van der Waals surface area contributed by atoms with Crippen molar-refractivity contribution < 1.29 is 18.7 Å². The molecule has 8 heteroatoms. The summed E-state index contributed by atoms with van der Waals surface area (Å²) in [6.07, 6.45) is 1.72. The molecule has 0 saturated heterocycles. The van der Waals surface area contributed by atoms with E-state index in [9.17, 15) is 0 Å². The van der Waals surface area contributed by atoms with Gasteiger partial charge in [0.25, 0.3) is 0 Å². The zero-order chi connectivity index (χ0) is 23.9. The maximum absolute atomic E-state index is 5.28. The van der Waals surface area contributed by atoms with Crippen molar-refractivity contribution in [1.29, 1.82) is 0 Å². The summed E-state index contributed by atoms with van der Waals surface area (Å²) in [6, 6.07) is 19.8. The lowest BCUT2D eigenvalue weighted by Gasteiger charge is -2.28. The van der Waals surface area contributed by atoms with E-state index in [2.05, 4.69) is 44.0 Å². The van der Waals surface area contributed by atoms with Crippen molar-refractivity contribution in [2.45, 2.75) is 13.5 Å². The van der Waals surface area contributed by atoms with E-state index in [0.717, 1.165) is 27.9 Å². The molecule has 0 bridgehead atoms. The average molecular weight is 524 g/mol. The first-order valence-electron chi connectivity index (χ1n) is 10.8. The van der Waals surface area contributed by atoms with Gasteiger partial charge in [-0.2, -0.15) is 0 Å². The van der Waals surface area contributed by atoms with E-state index >= 15 is 0 Å². The normalized spacial score (nSPS) is 12.9. The predicted octanol–water partition coefficient (Wildman–Crippen LogP) is 5.80. The van der Waals surface area contributed by atoms with Gasteiger partial charge in [0.2, 0.25) is 5.88 Å². The zero-order valence-corrected chi connectivity index (χ0v) is 20.9. The fraction of sp³-hybridized carbons (Fsp3) is 0.231. The Bertz CT molecular complexity index is 1270. The number of amidine groups is 1. The van der Waals surface area contributed by atoms with Crippen LogP contribution in [0.25, 0.3) is 11.0 Å². The lowest BCUT2D eigenvalue weighted by Crippen LogP contribution is -2.37.